The molecule has 2 aromatic carbocycles. The van der Waals surface area contributed by atoms with E-state index in [9.17, 15) is 4.79 Å². The van der Waals surface area contributed by atoms with Crippen molar-refractivity contribution < 1.29 is 14.3 Å². The van der Waals surface area contributed by atoms with Crippen LogP contribution in [0.2, 0.25) is 0 Å². The average molecular weight is 394 g/mol. The van der Waals surface area contributed by atoms with Crippen LogP contribution in [0.1, 0.15) is 19.4 Å². The summed E-state index contributed by atoms with van der Waals surface area (Å²) in [5.74, 6) is 0.634. The van der Waals surface area contributed by atoms with E-state index < -0.39 is 0 Å². The quantitative estimate of drug-likeness (QED) is 0.852. The number of hydrogen-bond acceptors (Lipinski definition) is 5. The van der Waals surface area contributed by atoms with Crippen molar-refractivity contribution in [2.75, 3.05) is 41.4 Å². The molecule has 6 nitrogen and oxygen atoms in total. The predicted molar refractivity (Wildman–Crippen MR) is 116 cm³/mol. The van der Waals surface area contributed by atoms with Gasteiger partial charge in [-0.2, -0.15) is 0 Å². The van der Waals surface area contributed by atoms with E-state index in [1.807, 2.05) is 18.2 Å². The van der Waals surface area contributed by atoms with E-state index in [4.69, 9.17) is 9.47 Å². The largest absolute Gasteiger partial charge is 0.481 e. The van der Waals surface area contributed by atoms with Gasteiger partial charge in [0.05, 0.1) is 17.9 Å². The average Bonchev–Trinajstić information content (AvgIpc) is 2.69. The maximum atomic E-state index is 11.9. The Morgan fingerprint density at radius 3 is 2.59 bits per heavy atom. The number of ether oxygens (including phenoxy) is 2. The van der Waals surface area contributed by atoms with Gasteiger partial charge in [-0.25, -0.2) is 0 Å². The van der Waals surface area contributed by atoms with E-state index >= 15 is 0 Å². The number of amides is 1. The molecule has 29 heavy (non-hydrogen) atoms. The number of hydrogen-bond donors (Lipinski definition) is 1. The van der Waals surface area contributed by atoms with Crippen LogP contribution >= 0.6 is 0 Å². The van der Waals surface area contributed by atoms with Gasteiger partial charge >= 0.3 is 0 Å². The second-order valence-electron chi connectivity index (χ2n) is 7.80. The second-order valence-corrected chi connectivity index (χ2v) is 7.80. The van der Waals surface area contributed by atoms with Gasteiger partial charge in [0.2, 0.25) is 0 Å². The summed E-state index contributed by atoms with van der Waals surface area (Å²) in [5.41, 5.74) is 5.12. The first-order valence-electron chi connectivity index (χ1n) is 10.1. The van der Waals surface area contributed by atoms with Crippen molar-refractivity contribution in [2.24, 2.45) is 0 Å². The highest BCUT2D eigenvalue weighted by Crippen LogP contribution is 2.36. The number of fused-ring (bicyclic) bond motifs is 1. The van der Waals surface area contributed by atoms with Gasteiger partial charge in [-0.05, 0) is 63.6 Å². The van der Waals surface area contributed by atoms with Crippen LogP contribution in [-0.4, -0.2) is 44.4 Å². The molecule has 0 bridgehead atoms. The zero-order valence-electron chi connectivity index (χ0n) is 17.3. The lowest BCUT2D eigenvalue weighted by molar-refractivity contribution is -0.121. The highest BCUT2D eigenvalue weighted by molar-refractivity contribution is 5.98. The minimum atomic E-state index is -0.0635. The molecule has 2 aromatic rings. The fourth-order valence-electron chi connectivity index (χ4n) is 4.06. The Balaban J connectivity index is 1.52. The lowest BCUT2D eigenvalue weighted by atomic mass is 10.1. The number of carbonyl (C=O) groups excluding carboxylic acids is 1. The van der Waals surface area contributed by atoms with Crippen LogP contribution in [0.25, 0.3) is 0 Å². The van der Waals surface area contributed by atoms with E-state index in [0.717, 1.165) is 30.2 Å². The van der Waals surface area contributed by atoms with Gasteiger partial charge in [-0.3, -0.25) is 4.79 Å². The van der Waals surface area contributed by atoms with Gasteiger partial charge in [-0.15, -0.1) is 0 Å². The fourth-order valence-corrected chi connectivity index (χ4v) is 4.06. The van der Waals surface area contributed by atoms with Crippen molar-refractivity contribution >= 4 is 28.7 Å². The summed E-state index contributed by atoms with van der Waals surface area (Å²) in [5, 5.41) is 3.47. The molecular formula is C23H28N3O3. The third-order valence-corrected chi connectivity index (χ3v) is 5.40. The number of benzene rings is 2. The van der Waals surface area contributed by atoms with Crippen LogP contribution in [0.4, 0.5) is 22.7 Å². The number of nitrogens with one attached hydrogen (secondary N) is 1. The maximum absolute atomic E-state index is 11.9. The van der Waals surface area contributed by atoms with Crippen molar-refractivity contribution in [1.82, 2.24) is 0 Å². The van der Waals surface area contributed by atoms with Crippen molar-refractivity contribution in [3.8, 4) is 5.75 Å². The summed E-state index contributed by atoms with van der Waals surface area (Å²) in [6, 6.07) is 12.3. The molecular weight excluding hydrogens is 366 g/mol. The smallest absolute Gasteiger partial charge is 0.265 e. The zero-order valence-corrected chi connectivity index (χ0v) is 17.3. The molecule has 0 aliphatic carbocycles. The zero-order chi connectivity index (χ0) is 20.5. The minimum absolute atomic E-state index is 0.0517. The summed E-state index contributed by atoms with van der Waals surface area (Å²) >= 11 is 0. The van der Waals surface area contributed by atoms with E-state index in [0.29, 0.717) is 12.3 Å². The number of rotatable bonds is 4. The van der Waals surface area contributed by atoms with Crippen molar-refractivity contribution in [3.05, 3.63) is 48.9 Å². The molecule has 2 atom stereocenters. The molecule has 0 saturated carbocycles. The van der Waals surface area contributed by atoms with E-state index in [1.54, 1.807) is 4.90 Å². The molecule has 2 unspecified atom stereocenters. The standard InChI is InChI=1S/C23H28N3O3/c1-5-26-21-9-6-18(11-22(21)28-14-23(26)27)24-20-8-7-19(10-15(20)2)25-12-16(3)29-17(4)13-25/h6-11,16-17,24H,1,5,12-14H2,2-4H3. The Morgan fingerprint density at radius 1 is 1.14 bits per heavy atom. The molecule has 0 spiro atoms. The summed E-state index contributed by atoms with van der Waals surface area (Å²) in [6.07, 6.45) is 0.467. The first-order chi connectivity index (χ1) is 13.9. The van der Waals surface area contributed by atoms with Gasteiger partial charge in [0, 0.05) is 42.8 Å². The monoisotopic (exact) mass is 394 g/mol. The van der Waals surface area contributed by atoms with Crippen LogP contribution in [0.15, 0.2) is 36.4 Å². The van der Waals surface area contributed by atoms with E-state index in [-0.39, 0.29) is 24.7 Å². The minimum Gasteiger partial charge on any atom is -0.481 e. The predicted octanol–water partition coefficient (Wildman–Crippen LogP) is 3.91. The number of anilines is 4. The third kappa shape index (κ3) is 4.03. The molecule has 2 heterocycles. The summed E-state index contributed by atoms with van der Waals surface area (Å²) in [4.78, 5) is 16.0. The van der Waals surface area contributed by atoms with Crippen LogP contribution < -0.4 is 19.9 Å². The van der Waals surface area contributed by atoms with Gasteiger partial charge in [0.15, 0.2) is 6.61 Å². The molecule has 2 aliphatic rings. The summed E-state index contributed by atoms with van der Waals surface area (Å²) < 4.78 is 11.5. The van der Waals surface area contributed by atoms with E-state index in [1.165, 1.54) is 11.3 Å². The van der Waals surface area contributed by atoms with Crippen LogP contribution in [-0.2, 0) is 9.53 Å². The fraction of sp³-hybridized carbons (Fsp3) is 0.391. The topological polar surface area (TPSA) is 54.0 Å². The van der Waals surface area contributed by atoms with Gasteiger partial charge in [0.25, 0.3) is 5.91 Å². The number of aryl methyl sites for hydroxylation is 1. The summed E-state index contributed by atoms with van der Waals surface area (Å²) in [6.45, 7) is 12.4. The molecule has 1 amide bonds. The van der Waals surface area contributed by atoms with Crippen molar-refractivity contribution in [3.63, 3.8) is 0 Å². The lowest BCUT2D eigenvalue weighted by Gasteiger charge is -2.37. The lowest BCUT2D eigenvalue weighted by Crippen LogP contribution is -2.45. The molecule has 0 aromatic heterocycles. The van der Waals surface area contributed by atoms with Crippen LogP contribution in [0, 0.1) is 13.8 Å². The first-order valence-corrected chi connectivity index (χ1v) is 10.1. The molecule has 1 radical (unpaired) electrons. The first kappa shape index (κ1) is 19.6. The molecule has 2 aliphatic heterocycles. The third-order valence-electron chi connectivity index (χ3n) is 5.40. The normalized spacial score (nSPS) is 21.6. The molecule has 153 valence electrons. The van der Waals surface area contributed by atoms with Crippen LogP contribution in [0.5, 0.6) is 5.75 Å². The van der Waals surface area contributed by atoms with E-state index in [2.05, 4.69) is 56.1 Å². The number of carbonyl (C=O) groups is 1. The molecule has 6 heteroatoms. The van der Waals surface area contributed by atoms with Gasteiger partial charge in [-0.1, -0.05) is 0 Å². The number of nitrogens with zero attached hydrogens (tertiary/aromatic N) is 2. The number of morpholine rings is 1. The molecule has 4 rings (SSSR count). The second kappa shape index (κ2) is 7.95. The molecule has 1 fully saturated rings. The Bertz CT molecular complexity index is 904. The Morgan fingerprint density at radius 2 is 1.90 bits per heavy atom. The highest BCUT2D eigenvalue weighted by atomic mass is 16.5. The highest BCUT2D eigenvalue weighted by Gasteiger charge is 2.25. The van der Waals surface area contributed by atoms with Crippen LogP contribution in [0.3, 0.4) is 0 Å². The maximum Gasteiger partial charge on any atom is 0.265 e. The Hall–Kier alpha value is -2.73. The van der Waals surface area contributed by atoms with Gasteiger partial charge in [0.1, 0.15) is 5.75 Å². The Labute approximate surface area is 172 Å². The van der Waals surface area contributed by atoms with Crippen molar-refractivity contribution in [2.45, 2.75) is 33.0 Å². The Kier molecular flexibility index (Phi) is 5.37. The molecule has 1 saturated heterocycles. The SMILES string of the molecule is [CH2]CN1C(=O)COc2cc(Nc3ccc(N4CC(C)OC(C)C4)cc3C)ccc21. The molecule has 1 N–H and O–H groups in total. The summed E-state index contributed by atoms with van der Waals surface area (Å²) in [7, 11) is 0. The van der Waals surface area contributed by atoms with Crippen molar-refractivity contribution in [1.29, 1.82) is 0 Å². The van der Waals surface area contributed by atoms with Gasteiger partial charge < -0.3 is 24.6 Å².